The lowest BCUT2D eigenvalue weighted by atomic mass is 10.1. The van der Waals surface area contributed by atoms with Crippen LogP contribution in [0.3, 0.4) is 0 Å². The van der Waals surface area contributed by atoms with E-state index < -0.39 is 5.25 Å². The van der Waals surface area contributed by atoms with Crippen LogP contribution >= 0.6 is 23.4 Å². The third kappa shape index (κ3) is 3.39. The highest BCUT2D eigenvalue weighted by molar-refractivity contribution is 8.01. The first-order valence-corrected chi connectivity index (χ1v) is 9.50. The fraction of sp³-hybridized carbons (Fsp3) is 0.263. The zero-order valence-corrected chi connectivity index (χ0v) is 15.0. The van der Waals surface area contributed by atoms with Crippen molar-refractivity contribution < 1.29 is 9.59 Å². The molecule has 2 aliphatic rings. The second-order valence-corrected chi connectivity index (χ2v) is 7.98. The molecule has 2 aromatic rings. The minimum Gasteiger partial charge on any atom is -0.349 e. The highest BCUT2D eigenvalue weighted by Gasteiger charge is 2.30. The second kappa shape index (κ2) is 6.73. The summed E-state index contributed by atoms with van der Waals surface area (Å²) in [7, 11) is 0. The molecule has 0 aromatic heterocycles. The number of hydrogen-bond donors (Lipinski definition) is 2. The predicted molar refractivity (Wildman–Crippen MR) is 100.0 cm³/mol. The van der Waals surface area contributed by atoms with Crippen LogP contribution in [-0.2, 0) is 16.0 Å². The molecule has 6 heteroatoms. The van der Waals surface area contributed by atoms with Crippen LogP contribution in [0.5, 0.6) is 0 Å². The Morgan fingerprint density at radius 2 is 2.12 bits per heavy atom. The van der Waals surface area contributed by atoms with Crippen LogP contribution in [0.15, 0.2) is 47.4 Å². The second-order valence-electron chi connectivity index (χ2n) is 6.30. The lowest BCUT2D eigenvalue weighted by Gasteiger charge is -2.24. The van der Waals surface area contributed by atoms with Crippen molar-refractivity contribution >= 4 is 40.9 Å². The van der Waals surface area contributed by atoms with E-state index in [0.717, 1.165) is 17.7 Å². The summed E-state index contributed by atoms with van der Waals surface area (Å²) in [4.78, 5) is 25.7. The molecule has 25 heavy (non-hydrogen) atoms. The molecule has 0 radical (unpaired) electrons. The zero-order chi connectivity index (χ0) is 17.4. The fourth-order valence-electron chi connectivity index (χ4n) is 3.39. The van der Waals surface area contributed by atoms with Gasteiger partial charge >= 0.3 is 0 Å². The Balaban J connectivity index is 1.42. The van der Waals surface area contributed by atoms with Gasteiger partial charge in [-0.05, 0) is 42.2 Å². The largest absolute Gasteiger partial charge is 0.349 e. The smallest absolute Gasteiger partial charge is 0.238 e. The van der Waals surface area contributed by atoms with Crippen molar-refractivity contribution in [2.75, 3.05) is 5.32 Å². The Hall–Kier alpha value is -1.98. The van der Waals surface area contributed by atoms with E-state index >= 15 is 0 Å². The molecule has 0 saturated carbocycles. The minimum atomic E-state index is -0.426. The molecule has 1 heterocycles. The molecule has 4 nitrogen and oxygen atoms in total. The summed E-state index contributed by atoms with van der Waals surface area (Å²) >= 11 is 7.37. The topological polar surface area (TPSA) is 58.2 Å². The number of carbonyl (C=O) groups is 2. The van der Waals surface area contributed by atoms with Gasteiger partial charge in [-0.2, -0.15) is 0 Å². The lowest BCUT2D eigenvalue weighted by Crippen LogP contribution is -2.35. The van der Waals surface area contributed by atoms with Crippen LogP contribution in [0, 0.1) is 0 Å². The van der Waals surface area contributed by atoms with Gasteiger partial charge in [0.25, 0.3) is 0 Å². The van der Waals surface area contributed by atoms with Crippen LogP contribution in [0.25, 0.3) is 0 Å². The average Bonchev–Trinajstić information content (AvgIpc) is 2.99. The molecule has 2 atom stereocenters. The maximum absolute atomic E-state index is 12.5. The Morgan fingerprint density at radius 3 is 3.00 bits per heavy atom. The molecule has 2 aromatic carbocycles. The van der Waals surface area contributed by atoms with Gasteiger partial charge in [0, 0.05) is 16.3 Å². The molecule has 4 rings (SSSR count). The summed E-state index contributed by atoms with van der Waals surface area (Å²) in [5.74, 6) is -0.242. The van der Waals surface area contributed by atoms with Crippen molar-refractivity contribution in [1.82, 2.24) is 5.32 Å². The minimum absolute atomic E-state index is 0.0476. The van der Waals surface area contributed by atoms with Crippen LogP contribution in [0.2, 0.25) is 5.02 Å². The summed E-state index contributed by atoms with van der Waals surface area (Å²) in [6.07, 6.45) is 2.06. The first kappa shape index (κ1) is 16.5. The van der Waals surface area contributed by atoms with E-state index in [1.165, 1.54) is 22.9 Å². The van der Waals surface area contributed by atoms with Crippen LogP contribution in [-0.4, -0.2) is 17.1 Å². The maximum Gasteiger partial charge on any atom is 0.238 e. The Bertz CT molecular complexity index is 855. The van der Waals surface area contributed by atoms with Gasteiger partial charge in [0.05, 0.1) is 17.0 Å². The van der Waals surface area contributed by atoms with E-state index in [-0.39, 0.29) is 24.3 Å². The molecular weight excluding hydrogens is 356 g/mol. The highest BCUT2D eigenvalue weighted by atomic mass is 35.5. The Morgan fingerprint density at radius 1 is 1.28 bits per heavy atom. The van der Waals surface area contributed by atoms with Crippen LogP contribution in [0.4, 0.5) is 5.69 Å². The van der Waals surface area contributed by atoms with E-state index in [4.69, 9.17) is 11.6 Å². The van der Waals surface area contributed by atoms with Gasteiger partial charge in [-0.25, -0.2) is 0 Å². The molecule has 0 saturated heterocycles. The first-order valence-electron chi connectivity index (χ1n) is 8.24. The Labute approximate surface area is 155 Å². The maximum atomic E-state index is 12.5. The van der Waals surface area contributed by atoms with Crippen molar-refractivity contribution in [3.63, 3.8) is 0 Å². The molecule has 128 valence electrons. The molecule has 1 aliphatic carbocycles. The van der Waals surface area contributed by atoms with Crippen molar-refractivity contribution in [3.8, 4) is 0 Å². The third-order valence-corrected chi connectivity index (χ3v) is 6.11. The van der Waals surface area contributed by atoms with Gasteiger partial charge < -0.3 is 10.6 Å². The molecule has 1 aliphatic heterocycles. The molecule has 2 amide bonds. The number of aryl methyl sites for hydroxylation is 1. The highest BCUT2D eigenvalue weighted by Crippen LogP contribution is 2.38. The van der Waals surface area contributed by atoms with Gasteiger partial charge in [-0.1, -0.05) is 35.9 Å². The molecule has 0 spiro atoms. The summed E-state index contributed by atoms with van der Waals surface area (Å²) in [5, 5.41) is 6.08. The van der Waals surface area contributed by atoms with Crippen molar-refractivity contribution in [2.24, 2.45) is 0 Å². The summed E-state index contributed by atoms with van der Waals surface area (Å²) < 4.78 is 0. The van der Waals surface area contributed by atoms with Crippen LogP contribution < -0.4 is 10.6 Å². The molecule has 0 unspecified atom stereocenters. The van der Waals surface area contributed by atoms with Gasteiger partial charge in [0.1, 0.15) is 0 Å². The molecule has 2 N–H and O–H groups in total. The average molecular weight is 373 g/mol. The first-order chi connectivity index (χ1) is 12.1. The number of rotatable bonds is 3. The van der Waals surface area contributed by atoms with E-state index in [0.29, 0.717) is 10.7 Å². The predicted octanol–water partition coefficient (Wildman–Crippen LogP) is 3.95. The lowest BCUT2D eigenvalue weighted by molar-refractivity contribution is -0.124. The van der Waals surface area contributed by atoms with Crippen molar-refractivity contribution in [2.45, 2.75) is 35.4 Å². The normalized spacial score (nSPS) is 21.2. The Kier molecular flexibility index (Phi) is 4.44. The van der Waals surface area contributed by atoms with E-state index in [9.17, 15) is 9.59 Å². The summed E-state index contributed by atoms with van der Waals surface area (Å²) in [6.45, 7) is 0. The van der Waals surface area contributed by atoms with E-state index in [1.54, 1.807) is 12.1 Å². The number of fused-ring (bicyclic) bond motifs is 2. The molecule has 0 fully saturated rings. The van der Waals surface area contributed by atoms with Crippen LogP contribution in [0.1, 0.15) is 30.0 Å². The number of benzene rings is 2. The molecular formula is C19H17ClN2O2S. The quantitative estimate of drug-likeness (QED) is 0.857. The number of halogens is 1. The van der Waals surface area contributed by atoms with Crippen molar-refractivity contribution in [1.29, 1.82) is 0 Å². The standard InChI is InChI=1S/C19H17ClN2O2S/c20-12-6-8-16-15(9-12)22-19(24)17(25-16)10-18(23)21-14-7-5-11-3-1-2-4-13(11)14/h1-4,6,8-9,14,17H,5,7,10H2,(H,21,23)(H,22,24)/t14-,17-/m0/s1. The number of carbonyl (C=O) groups excluding carboxylic acids is 2. The van der Waals surface area contributed by atoms with Crippen molar-refractivity contribution in [3.05, 3.63) is 58.6 Å². The number of anilines is 1. The van der Waals surface area contributed by atoms with Gasteiger partial charge in [0.2, 0.25) is 11.8 Å². The summed E-state index contributed by atoms with van der Waals surface area (Å²) in [5.41, 5.74) is 3.20. The summed E-state index contributed by atoms with van der Waals surface area (Å²) in [6, 6.07) is 13.6. The fourth-order valence-corrected chi connectivity index (χ4v) is 4.65. The monoisotopic (exact) mass is 372 g/mol. The molecule has 0 bridgehead atoms. The number of amides is 2. The van der Waals surface area contributed by atoms with E-state index in [1.807, 2.05) is 18.2 Å². The van der Waals surface area contributed by atoms with Gasteiger partial charge in [-0.15, -0.1) is 11.8 Å². The zero-order valence-electron chi connectivity index (χ0n) is 13.4. The number of hydrogen-bond acceptors (Lipinski definition) is 3. The SMILES string of the molecule is O=C(C[C@@H]1Sc2ccc(Cl)cc2NC1=O)N[C@H]1CCc2ccccc21. The number of thioether (sulfide) groups is 1. The van der Waals surface area contributed by atoms with Gasteiger partial charge in [0.15, 0.2) is 0 Å². The van der Waals surface area contributed by atoms with E-state index in [2.05, 4.69) is 22.8 Å². The van der Waals surface area contributed by atoms with Gasteiger partial charge in [-0.3, -0.25) is 9.59 Å². The third-order valence-electron chi connectivity index (χ3n) is 4.60. The number of nitrogens with one attached hydrogen (secondary N) is 2.